The van der Waals surface area contributed by atoms with Crippen LogP contribution in [0.5, 0.6) is 5.75 Å². The first kappa shape index (κ1) is 18.6. The van der Waals surface area contributed by atoms with Crippen molar-refractivity contribution in [2.45, 2.75) is 0 Å². The Morgan fingerprint density at radius 2 is 1.71 bits per heavy atom. The summed E-state index contributed by atoms with van der Waals surface area (Å²) in [6.45, 7) is -0.396. The van der Waals surface area contributed by atoms with Crippen molar-refractivity contribution in [2.24, 2.45) is 0 Å². The second-order valence-corrected chi connectivity index (χ2v) is 6.11. The molecule has 2 aromatic carbocycles. The number of amides is 1. The van der Waals surface area contributed by atoms with E-state index in [1.807, 2.05) is 0 Å². The van der Waals surface area contributed by atoms with E-state index in [2.05, 4.69) is 5.32 Å². The smallest absolute Gasteiger partial charge is 0.271 e. The third-order valence-electron chi connectivity index (χ3n) is 2.76. The lowest BCUT2D eigenvalue weighted by atomic mass is 10.3. The standard InChI is InChI=1S/C14H8Cl4N2O4/c15-7-3-10(17)14(11(18)4-7)19-13(21)6-24-12-2-1-8(20(22)23)5-9(12)16/h1-5H,6H2,(H,19,21). The van der Waals surface area contributed by atoms with E-state index >= 15 is 0 Å². The number of nitro groups is 1. The Morgan fingerprint density at radius 3 is 2.25 bits per heavy atom. The molecule has 0 bridgehead atoms. The number of halogens is 4. The first-order valence-corrected chi connectivity index (χ1v) is 7.80. The maximum absolute atomic E-state index is 11.9. The summed E-state index contributed by atoms with van der Waals surface area (Å²) in [6, 6.07) is 6.50. The minimum absolute atomic E-state index is 0.0135. The third-order valence-corrected chi connectivity index (χ3v) is 3.87. The maximum Gasteiger partial charge on any atom is 0.271 e. The van der Waals surface area contributed by atoms with Gasteiger partial charge in [-0.1, -0.05) is 46.4 Å². The van der Waals surface area contributed by atoms with Crippen molar-refractivity contribution in [3.63, 3.8) is 0 Å². The van der Waals surface area contributed by atoms with Gasteiger partial charge < -0.3 is 10.1 Å². The molecule has 2 rings (SSSR count). The minimum atomic E-state index is -0.590. The Hall–Kier alpha value is -1.73. The summed E-state index contributed by atoms with van der Waals surface area (Å²) in [6.07, 6.45) is 0. The van der Waals surface area contributed by atoms with Crippen molar-refractivity contribution < 1.29 is 14.5 Å². The summed E-state index contributed by atoms with van der Waals surface area (Å²) >= 11 is 23.6. The van der Waals surface area contributed by atoms with Gasteiger partial charge in [-0.25, -0.2) is 0 Å². The minimum Gasteiger partial charge on any atom is -0.482 e. The van der Waals surface area contributed by atoms with Gasteiger partial charge in [0.05, 0.1) is 25.7 Å². The van der Waals surface area contributed by atoms with Crippen LogP contribution in [0.3, 0.4) is 0 Å². The number of anilines is 1. The number of hydrogen-bond donors (Lipinski definition) is 1. The molecule has 0 aliphatic carbocycles. The molecule has 0 spiro atoms. The van der Waals surface area contributed by atoms with Crippen molar-refractivity contribution in [3.05, 3.63) is 60.5 Å². The van der Waals surface area contributed by atoms with Crippen LogP contribution in [-0.4, -0.2) is 17.4 Å². The zero-order chi connectivity index (χ0) is 17.9. The lowest BCUT2D eigenvalue weighted by Gasteiger charge is -2.11. The average Bonchev–Trinajstić information content (AvgIpc) is 2.49. The average molecular weight is 410 g/mol. The molecule has 24 heavy (non-hydrogen) atoms. The van der Waals surface area contributed by atoms with E-state index in [4.69, 9.17) is 51.1 Å². The Kier molecular flexibility index (Phi) is 6.12. The molecule has 126 valence electrons. The fourth-order valence-electron chi connectivity index (χ4n) is 1.70. The van der Waals surface area contributed by atoms with Crippen molar-refractivity contribution in [2.75, 3.05) is 11.9 Å². The molecule has 0 aliphatic rings. The van der Waals surface area contributed by atoms with E-state index < -0.39 is 17.4 Å². The van der Waals surface area contributed by atoms with Crippen molar-refractivity contribution in [1.82, 2.24) is 0 Å². The second-order valence-electron chi connectivity index (χ2n) is 4.45. The lowest BCUT2D eigenvalue weighted by Crippen LogP contribution is -2.20. The summed E-state index contributed by atoms with van der Waals surface area (Å²) in [5.41, 5.74) is 0.0164. The van der Waals surface area contributed by atoms with Gasteiger partial charge in [0.25, 0.3) is 11.6 Å². The van der Waals surface area contributed by atoms with Gasteiger partial charge in [0.15, 0.2) is 6.61 Å². The number of nitrogens with zero attached hydrogens (tertiary/aromatic N) is 1. The van der Waals surface area contributed by atoms with Crippen LogP contribution < -0.4 is 10.1 Å². The number of hydrogen-bond acceptors (Lipinski definition) is 4. The highest BCUT2D eigenvalue weighted by molar-refractivity contribution is 6.42. The zero-order valence-corrected chi connectivity index (χ0v) is 14.7. The van der Waals surface area contributed by atoms with Gasteiger partial charge in [-0.15, -0.1) is 0 Å². The van der Waals surface area contributed by atoms with E-state index in [1.54, 1.807) is 0 Å². The van der Waals surface area contributed by atoms with Gasteiger partial charge in [-0.3, -0.25) is 14.9 Å². The molecule has 0 heterocycles. The van der Waals surface area contributed by atoms with Crippen LogP contribution >= 0.6 is 46.4 Å². The van der Waals surface area contributed by atoms with Crippen molar-refractivity contribution in [3.8, 4) is 5.75 Å². The highest BCUT2D eigenvalue weighted by Crippen LogP contribution is 2.34. The quantitative estimate of drug-likeness (QED) is 0.541. The Balaban J connectivity index is 2.03. The van der Waals surface area contributed by atoms with Crippen molar-refractivity contribution in [1.29, 1.82) is 0 Å². The van der Waals surface area contributed by atoms with Gasteiger partial charge >= 0.3 is 0 Å². The number of non-ortho nitro benzene ring substituents is 1. The normalized spacial score (nSPS) is 10.3. The molecule has 0 saturated heterocycles. The monoisotopic (exact) mass is 408 g/mol. The van der Waals surface area contributed by atoms with Gasteiger partial charge in [-0.2, -0.15) is 0 Å². The summed E-state index contributed by atoms with van der Waals surface area (Å²) in [7, 11) is 0. The molecule has 10 heteroatoms. The van der Waals surface area contributed by atoms with Crippen LogP contribution in [0, 0.1) is 10.1 Å². The van der Waals surface area contributed by atoms with Crippen LogP contribution in [0.2, 0.25) is 20.1 Å². The van der Waals surface area contributed by atoms with E-state index in [0.717, 1.165) is 6.07 Å². The number of carbonyl (C=O) groups is 1. The summed E-state index contributed by atoms with van der Waals surface area (Å²) in [5.74, 6) is -0.416. The molecule has 0 atom stereocenters. The fourth-order valence-corrected chi connectivity index (χ4v) is 2.84. The van der Waals surface area contributed by atoms with Gasteiger partial charge in [0.1, 0.15) is 5.75 Å². The van der Waals surface area contributed by atoms with Crippen LogP contribution in [-0.2, 0) is 4.79 Å². The molecular weight excluding hydrogens is 402 g/mol. The zero-order valence-electron chi connectivity index (χ0n) is 11.7. The number of nitrogens with one attached hydrogen (secondary N) is 1. The van der Waals surface area contributed by atoms with Crippen LogP contribution in [0.1, 0.15) is 0 Å². The summed E-state index contributed by atoms with van der Waals surface area (Å²) in [4.78, 5) is 22.0. The summed E-state index contributed by atoms with van der Waals surface area (Å²) < 4.78 is 5.23. The number of benzene rings is 2. The van der Waals surface area contributed by atoms with Gasteiger partial charge in [0, 0.05) is 17.2 Å². The predicted molar refractivity (Wildman–Crippen MR) is 93.7 cm³/mol. The van der Waals surface area contributed by atoms with Crippen LogP contribution in [0.4, 0.5) is 11.4 Å². The molecule has 2 aromatic rings. The highest BCUT2D eigenvalue weighted by Gasteiger charge is 2.14. The number of ether oxygens (including phenoxy) is 1. The first-order valence-electron chi connectivity index (χ1n) is 6.29. The highest BCUT2D eigenvalue weighted by atomic mass is 35.5. The van der Waals surface area contributed by atoms with Crippen molar-refractivity contribution >= 4 is 63.7 Å². The molecule has 0 saturated carbocycles. The molecule has 0 fully saturated rings. The van der Waals surface area contributed by atoms with E-state index in [9.17, 15) is 14.9 Å². The number of nitro benzene ring substituents is 1. The van der Waals surface area contributed by atoms with Gasteiger partial charge in [-0.05, 0) is 18.2 Å². The number of rotatable bonds is 5. The molecule has 0 aromatic heterocycles. The number of carbonyl (C=O) groups excluding carboxylic acids is 1. The topological polar surface area (TPSA) is 81.5 Å². The largest absolute Gasteiger partial charge is 0.482 e. The lowest BCUT2D eigenvalue weighted by molar-refractivity contribution is -0.384. The van der Waals surface area contributed by atoms with Crippen LogP contribution in [0.25, 0.3) is 0 Å². The molecule has 1 amide bonds. The Bertz CT molecular complexity index is 790. The molecule has 1 N–H and O–H groups in total. The fraction of sp³-hybridized carbons (Fsp3) is 0.0714. The predicted octanol–water partition coefficient (Wildman–Crippen LogP) is 5.23. The Morgan fingerprint density at radius 1 is 1.08 bits per heavy atom. The van der Waals surface area contributed by atoms with E-state index in [-0.39, 0.29) is 32.2 Å². The first-order chi connectivity index (χ1) is 11.3. The molecule has 6 nitrogen and oxygen atoms in total. The third kappa shape index (κ3) is 4.64. The second kappa shape index (κ2) is 7.90. The van der Waals surface area contributed by atoms with E-state index in [0.29, 0.717) is 5.02 Å². The maximum atomic E-state index is 11.9. The van der Waals surface area contributed by atoms with Gasteiger partial charge in [0.2, 0.25) is 0 Å². The molecular formula is C14H8Cl4N2O4. The SMILES string of the molecule is O=C(COc1ccc([N+](=O)[O-])cc1Cl)Nc1c(Cl)cc(Cl)cc1Cl. The molecule has 0 aliphatic heterocycles. The Labute approximate surface area is 156 Å². The molecule has 0 unspecified atom stereocenters. The van der Waals surface area contributed by atoms with E-state index in [1.165, 1.54) is 24.3 Å². The molecule has 0 radical (unpaired) electrons. The summed E-state index contributed by atoms with van der Waals surface area (Å²) in [5, 5.41) is 13.8. The van der Waals surface area contributed by atoms with Crippen LogP contribution in [0.15, 0.2) is 30.3 Å².